The summed E-state index contributed by atoms with van der Waals surface area (Å²) in [5, 5.41) is 2.65. The van der Waals surface area contributed by atoms with Crippen molar-refractivity contribution in [2.24, 2.45) is 0 Å². The second kappa shape index (κ2) is 5.26. The van der Waals surface area contributed by atoms with Gasteiger partial charge in [0.05, 0.1) is 0 Å². The summed E-state index contributed by atoms with van der Waals surface area (Å²) in [6.07, 6.45) is 0. The van der Waals surface area contributed by atoms with Crippen molar-refractivity contribution in [1.82, 2.24) is 0 Å². The van der Waals surface area contributed by atoms with Crippen LogP contribution in [0.3, 0.4) is 0 Å². The summed E-state index contributed by atoms with van der Waals surface area (Å²) in [5.74, 6) is 0. The molecule has 0 N–H and O–H groups in total. The molecule has 1 heterocycles. The van der Waals surface area contributed by atoms with E-state index in [9.17, 15) is 0 Å². The summed E-state index contributed by atoms with van der Waals surface area (Å²) in [6, 6.07) is 18.4. The van der Waals surface area contributed by atoms with Gasteiger partial charge in [0.15, 0.2) is 0 Å². The molecular formula is C12H6Li2S. The Balaban J connectivity index is 0.000000562. The zero-order chi connectivity index (χ0) is 8.67. The van der Waals surface area contributed by atoms with Gasteiger partial charge in [-0.15, -0.1) is 10.8 Å². The van der Waals surface area contributed by atoms with Gasteiger partial charge < -0.3 is 0 Å². The number of thiophene rings is 1. The molecule has 15 heavy (non-hydrogen) atoms. The molecule has 0 aliphatic carbocycles. The second-order valence-corrected chi connectivity index (χ2v) is 4.03. The molecule has 3 rings (SSSR count). The van der Waals surface area contributed by atoms with Gasteiger partial charge in [0, 0.05) is 0 Å². The Morgan fingerprint density at radius 3 is 1.73 bits per heavy atom. The minimum Gasteiger partial charge on any atom is -0.273 e. The van der Waals surface area contributed by atoms with E-state index in [4.69, 9.17) is 0 Å². The second-order valence-electron chi connectivity index (χ2n) is 2.95. The molecule has 0 atom stereocenters. The van der Waals surface area contributed by atoms with Gasteiger partial charge in [0.1, 0.15) is 0 Å². The van der Waals surface area contributed by atoms with Gasteiger partial charge in [-0.2, -0.15) is 48.5 Å². The summed E-state index contributed by atoms with van der Waals surface area (Å²) in [6.45, 7) is 0. The third-order valence-corrected chi connectivity index (χ3v) is 3.28. The maximum absolute atomic E-state index is 3.10. The van der Waals surface area contributed by atoms with E-state index in [-0.39, 0.29) is 37.7 Å². The van der Waals surface area contributed by atoms with E-state index in [0.29, 0.717) is 0 Å². The Bertz CT molecular complexity index is 521. The van der Waals surface area contributed by atoms with Crippen LogP contribution in [0.2, 0.25) is 0 Å². The van der Waals surface area contributed by atoms with Crippen LogP contribution in [-0.2, 0) is 0 Å². The topological polar surface area (TPSA) is 0 Å². The predicted octanol–water partition coefficient (Wildman–Crippen LogP) is -2.34. The fourth-order valence-corrected chi connectivity index (χ4v) is 2.63. The zero-order valence-electron chi connectivity index (χ0n) is 8.87. The monoisotopic (exact) mass is 196 g/mol. The Hall–Kier alpha value is -0.145. The first-order valence-electron chi connectivity index (χ1n) is 4.13. The van der Waals surface area contributed by atoms with Crippen molar-refractivity contribution in [2.75, 3.05) is 0 Å². The first-order valence-corrected chi connectivity index (χ1v) is 4.95. The van der Waals surface area contributed by atoms with E-state index in [1.165, 1.54) is 20.2 Å². The molecular weight excluding hydrogens is 190 g/mol. The summed E-state index contributed by atoms with van der Waals surface area (Å²) in [5.41, 5.74) is 0. The minimum absolute atomic E-state index is 0. The Morgan fingerprint density at radius 2 is 1.27 bits per heavy atom. The molecule has 0 aliphatic rings. The summed E-state index contributed by atoms with van der Waals surface area (Å²) in [4.78, 5) is 0. The largest absolute Gasteiger partial charge is 1.00 e. The van der Waals surface area contributed by atoms with E-state index < -0.39 is 0 Å². The van der Waals surface area contributed by atoms with E-state index in [1.54, 1.807) is 11.3 Å². The molecule has 2 aromatic carbocycles. The van der Waals surface area contributed by atoms with Crippen LogP contribution in [0.1, 0.15) is 0 Å². The smallest absolute Gasteiger partial charge is 0.273 e. The molecule has 0 bridgehead atoms. The molecule has 0 nitrogen and oxygen atoms in total. The van der Waals surface area contributed by atoms with Gasteiger partial charge in [-0.25, -0.2) is 0 Å². The van der Waals surface area contributed by atoms with Crippen LogP contribution in [0.15, 0.2) is 36.4 Å². The fourth-order valence-electron chi connectivity index (χ4n) is 1.56. The Kier molecular flexibility index (Phi) is 4.53. The van der Waals surface area contributed by atoms with Crippen molar-refractivity contribution in [3.63, 3.8) is 0 Å². The van der Waals surface area contributed by atoms with Crippen LogP contribution < -0.4 is 37.7 Å². The van der Waals surface area contributed by atoms with Gasteiger partial charge in [0.2, 0.25) is 0 Å². The standard InChI is InChI=1S/C12H6S.2Li/c1-3-7-11-9(5-1)10-6-2-4-8-12(10)13-11;;/h1-2,5-8H;;/q-2;2*+1. The molecule has 0 radical (unpaired) electrons. The molecule has 0 amide bonds. The average molecular weight is 196 g/mol. The number of fused-ring (bicyclic) bond motifs is 3. The van der Waals surface area contributed by atoms with Gasteiger partial charge in [-0.1, -0.05) is 9.40 Å². The number of rotatable bonds is 0. The first kappa shape index (κ1) is 12.9. The maximum Gasteiger partial charge on any atom is 1.00 e. The molecule has 0 saturated carbocycles. The maximum atomic E-state index is 3.10. The Labute approximate surface area is 117 Å². The molecule has 0 unspecified atom stereocenters. The molecule has 3 heteroatoms. The van der Waals surface area contributed by atoms with Crippen LogP contribution in [0.25, 0.3) is 20.2 Å². The first-order chi connectivity index (χ1) is 6.45. The summed E-state index contributed by atoms with van der Waals surface area (Å²) >= 11 is 1.80. The van der Waals surface area contributed by atoms with Crippen molar-refractivity contribution in [3.05, 3.63) is 48.5 Å². The van der Waals surface area contributed by atoms with E-state index in [0.717, 1.165) is 0 Å². The third kappa shape index (κ3) is 2.18. The number of hydrogen-bond donors (Lipinski definition) is 0. The molecule has 0 spiro atoms. The van der Waals surface area contributed by atoms with Crippen LogP contribution in [0, 0.1) is 12.1 Å². The van der Waals surface area contributed by atoms with Crippen LogP contribution in [-0.4, -0.2) is 0 Å². The van der Waals surface area contributed by atoms with Crippen molar-refractivity contribution in [2.45, 2.75) is 0 Å². The number of benzene rings is 2. The number of hydrogen-bond acceptors (Lipinski definition) is 1. The quantitative estimate of drug-likeness (QED) is 0.279. The zero-order valence-corrected chi connectivity index (χ0v) is 9.69. The van der Waals surface area contributed by atoms with E-state index >= 15 is 0 Å². The van der Waals surface area contributed by atoms with Gasteiger partial charge >= 0.3 is 37.7 Å². The molecule has 0 saturated heterocycles. The third-order valence-electron chi connectivity index (χ3n) is 2.16. The molecule has 0 fully saturated rings. The average Bonchev–Trinajstić information content (AvgIpc) is 2.56. The van der Waals surface area contributed by atoms with E-state index in [1.807, 2.05) is 24.3 Å². The van der Waals surface area contributed by atoms with Crippen molar-refractivity contribution >= 4 is 31.5 Å². The summed E-state index contributed by atoms with van der Waals surface area (Å²) in [7, 11) is 0. The van der Waals surface area contributed by atoms with Crippen LogP contribution in [0.4, 0.5) is 0 Å². The van der Waals surface area contributed by atoms with Gasteiger partial charge in [0.25, 0.3) is 0 Å². The minimum atomic E-state index is 0. The molecule has 1 aromatic heterocycles. The van der Waals surface area contributed by atoms with Gasteiger partial charge in [-0.3, -0.25) is 11.3 Å². The molecule has 0 aliphatic heterocycles. The van der Waals surface area contributed by atoms with Crippen LogP contribution in [0.5, 0.6) is 0 Å². The van der Waals surface area contributed by atoms with Crippen LogP contribution >= 0.6 is 11.3 Å². The van der Waals surface area contributed by atoms with Crippen molar-refractivity contribution < 1.29 is 37.7 Å². The van der Waals surface area contributed by atoms with Gasteiger partial charge in [-0.05, 0) is 0 Å². The normalized spacial score (nSPS) is 9.60. The van der Waals surface area contributed by atoms with E-state index in [2.05, 4.69) is 24.3 Å². The fraction of sp³-hybridized carbons (Fsp3) is 0. The molecule has 62 valence electrons. The molecule has 3 aromatic rings. The SMILES string of the molecule is [Li+].[Li+].[c-]1ccc2c(c1)sc1c[c-]ccc12. The van der Waals surface area contributed by atoms with Crippen molar-refractivity contribution in [1.29, 1.82) is 0 Å². The Morgan fingerprint density at radius 1 is 0.800 bits per heavy atom. The van der Waals surface area contributed by atoms with Crippen molar-refractivity contribution in [3.8, 4) is 0 Å². The predicted molar refractivity (Wildman–Crippen MR) is 57.0 cm³/mol. The summed E-state index contributed by atoms with van der Waals surface area (Å²) < 4.78 is 2.61.